The fraction of sp³-hybridized carbons (Fsp3) is 0. The maximum absolute atomic E-state index is 10.2. The molecule has 1 heterocycles. The van der Waals surface area contributed by atoms with Crippen LogP contribution < -0.4 is 11.1 Å². The lowest BCUT2D eigenvalue weighted by atomic mass is 10.5. The number of halogens is 2. The normalized spacial score (nSPS) is 9.69. The Morgan fingerprint density at radius 2 is 1.85 bits per heavy atom. The number of rotatable bonds is 1. The lowest BCUT2D eigenvalue weighted by Crippen LogP contribution is -2.10. The van der Waals surface area contributed by atoms with Gasteiger partial charge in [0.05, 0.1) is 0 Å². The van der Waals surface area contributed by atoms with Gasteiger partial charge in [-0.05, 0) is 0 Å². The number of hydrogen-bond acceptors (Lipinski definition) is 4. The van der Waals surface area contributed by atoms with Crippen molar-refractivity contribution in [2.45, 2.75) is 0 Å². The first-order valence-electron chi connectivity index (χ1n) is 2.99. The lowest BCUT2D eigenvalue weighted by molar-refractivity contribution is 0.209. The number of anilines is 2. The summed E-state index contributed by atoms with van der Waals surface area (Å²) in [6.07, 6.45) is -1.31. The summed E-state index contributed by atoms with van der Waals surface area (Å²) in [5, 5.41) is 10.0. The van der Waals surface area contributed by atoms with E-state index in [0.29, 0.717) is 0 Å². The Hall–Kier alpha value is -1.27. The number of nitrogens with one attached hydrogen (secondary N) is 1. The Labute approximate surface area is 82.7 Å². The van der Waals surface area contributed by atoms with E-state index in [0.717, 1.165) is 0 Å². The minimum absolute atomic E-state index is 0.0787. The van der Waals surface area contributed by atoms with Crippen LogP contribution in [0.4, 0.5) is 16.4 Å². The third kappa shape index (κ3) is 2.33. The molecule has 0 saturated heterocycles. The highest BCUT2D eigenvalue weighted by Gasteiger charge is 2.12. The predicted molar refractivity (Wildman–Crippen MR) is 48.1 cm³/mol. The monoisotopic (exact) mass is 222 g/mol. The van der Waals surface area contributed by atoms with Crippen LogP contribution >= 0.6 is 23.2 Å². The van der Waals surface area contributed by atoms with Gasteiger partial charge in [0.15, 0.2) is 10.3 Å². The summed E-state index contributed by atoms with van der Waals surface area (Å²) in [5.74, 6) is -0.120. The molecule has 70 valence electrons. The largest absolute Gasteiger partial charge is 0.465 e. The van der Waals surface area contributed by atoms with Crippen LogP contribution in [0.2, 0.25) is 10.3 Å². The zero-order chi connectivity index (χ0) is 10.0. The topological polar surface area (TPSA) is 101 Å². The molecule has 0 radical (unpaired) electrons. The summed E-state index contributed by atoms with van der Waals surface area (Å²) in [6.45, 7) is 0. The highest BCUT2D eigenvalue weighted by Crippen LogP contribution is 2.27. The van der Waals surface area contributed by atoms with Crippen molar-refractivity contribution in [3.8, 4) is 0 Å². The van der Waals surface area contributed by atoms with E-state index >= 15 is 0 Å². The molecule has 0 aliphatic rings. The molecule has 1 aromatic heterocycles. The molecule has 0 bridgehead atoms. The number of carbonyl (C=O) groups is 1. The Kier molecular flexibility index (Phi) is 2.74. The fourth-order valence-corrected chi connectivity index (χ4v) is 1.13. The van der Waals surface area contributed by atoms with Gasteiger partial charge in [0, 0.05) is 0 Å². The summed E-state index contributed by atoms with van der Waals surface area (Å²) in [6, 6.07) is 0. The average Bonchev–Trinajstić information content (AvgIpc) is 1.96. The van der Waals surface area contributed by atoms with E-state index in [-0.39, 0.29) is 21.9 Å². The lowest BCUT2D eigenvalue weighted by Gasteiger charge is -2.04. The van der Waals surface area contributed by atoms with Crippen molar-refractivity contribution < 1.29 is 9.90 Å². The Morgan fingerprint density at radius 1 is 1.38 bits per heavy atom. The van der Waals surface area contributed by atoms with Gasteiger partial charge < -0.3 is 10.8 Å². The molecule has 6 nitrogen and oxygen atoms in total. The molecule has 13 heavy (non-hydrogen) atoms. The molecule has 0 atom stereocenters. The van der Waals surface area contributed by atoms with Crippen LogP contribution in [0, 0.1) is 0 Å². The highest BCUT2D eigenvalue weighted by atomic mass is 35.5. The van der Waals surface area contributed by atoms with Crippen molar-refractivity contribution in [3.05, 3.63) is 10.3 Å². The van der Waals surface area contributed by atoms with E-state index in [4.69, 9.17) is 34.0 Å². The second-order valence-corrected chi connectivity index (χ2v) is 2.68. The number of nitrogen functional groups attached to an aromatic ring is 1. The summed E-state index contributed by atoms with van der Waals surface area (Å²) in [5.41, 5.74) is 5.11. The van der Waals surface area contributed by atoms with Gasteiger partial charge in [0.25, 0.3) is 0 Å². The number of nitrogens with zero attached hydrogens (tertiary/aromatic N) is 2. The van der Waals surface area contributed by atoms with Gasteiger partial charge in [-0.15, -0.1) is 0 Å². The van der Waals surface area contributed by atoms with Crippen LogP contribution in [0.15, 0.2) is 0 Å². The van der Waals surface area contributed by atoms with E-state index in [1.54, 1.807) is 0 Å². The zero-order valence-electron chi connectivity index (χ0n) is 6.08. The summed E-state index contributed by atoms with van der Waals surface area (Å²) < 4.78 is 0. The van der Waals surface area contributed by atoms with E-state index in [9.17, 15) is 4.79 Å². The van der Waals surface area contributed by atoms with Crippen molar-refractivity contribution in [2.75, 3.05) is 11.1 Å². The molecule has 1 amide bonds. The zero-order valence-corrected chi connectivity index (χ0v) is 7.60. The van der Waals surface area contributed by atoms with Crippen LogP contribution in [-0.2, 0) is 0 Å². The van der Waals surface area contributed by atoms with Crippen molar-refractivity contribution in [3.63, 3.8) is 0 Å². The molecule has 0 aromatic carbocycles. The van der Waals surface area contributed by atoms with Gasteiger partial charge in [0.1, 0.15) is 5.69 Å². The van der Waals surface area contributed by atoms with Gasteiger partial charge in [0.2, 0.25) is 5.95 Å². The Morgan fingerprint density at radius 3 is 2.23 bits per heavy atom. The second kappa shape index (κ2) is 3.63. The van der Waals surface area contributed by atoms with Gasteiger partial charge in [-0.3, -0.25) is 5.32 Å². The maximum Gasteiger partial charge on any atom is 0.409 e. The predicted octanol–water partition coefficient (Wildman–Crippen LogP) is 1.46. The molecule has 0 saturated carbocycles. The third-order valence-corrected chi connectivity index (χ3v) is 1.62. The second-order valence-electron chi connectivity index (χ2n) is 1.97. The number of amides is 1. The van der Waals surface area contributed by atoms with E-state index in [1.807, 2.05) is 5.32 Å². The van der Waals surface area contributed by atoms with E-state index in [2.05, 4.69) is 9.97 Å². The van der Waals surface area contributed by atoms with Crippen molar-refractivity contribution in [1.29, 1.82) is 0 Å². The quantitative estimate of drug-likeness (QED) is 0.625. The van der Waals surface area contributed by atoms with Gasteiger partial charge >= 0.3 is 6.09 Å². The SMILES string of the molecule is Nc1nc(Cl)c(NC(=O)O)c(Cl)n1. The van der Waals surface area contributed by atoms with Crippen LogP contribution in [-0.4, -0.2) is 21.2 Å². The standard InChI is InChI=1S/C5H4Cl2N4O2/c6-2-1(9-5(12)13)3(7)11-4(8)10-2/h9H,(H,12,13)(H2,8,10,11). The van der Waals surface area contributed by atoms with Crippen molar-refractivity contribution in [1.82, 2.24) is 9.97 Å². The first-order valence-corrected chi connectivity index (χ1v) is 3.74. The summed E-state index contributed by atoms with van der Waals surface area (Å²) >= 11 is 11.1. The molecule has 1 aromatic rings. The van der Waals surface area contributed by atoms with E-state index < -0.39 is 6.09 Å². The number of aromatic nitrogens is 2. The Balaban J connectivity index is 3.13. The smallest absolute Gasteiger partial charge is 0.409 e. The average molecular weight is 223 g/mol. The first-order chi connectivity index (χ1) is 6.00. The van der Waals surface area contributed by atoms with Crippen LogP contribution in [0.1, 0.15) is 0 Å². The number of hydrogen-bond donors (Lipinski definition) is 3. The van der Waals surface area contributed by atoms with Crippen molar-refractivity contribution in [2.24, 2.45) is 0 Å². The van der Waals surface area contributed by atoms with E-state index in [1.165, 1.54) is 0 Å². The highest BCUT2D eigenvalue weighted by molar-refractivity contribution is 6.38. The molecular weight excluding hydrogens is 219 g/mol. The molecule has 8 heteroatoms. The van der Waals surface area contributed by atoms with Crippen molar-refractivity contribution >= 4 is 40.9 Å². The molecular formula is C5H4Cl2N4O2. The minimum Gasteiger partial charge on any atom is -0.465 e. The van der Waals surface area contributed by atoms with Gasteiger partial charge in [-0.1, -0.05) is 23.2 Å². The molecule has 0 aliphatic heterocycles. The maximum atomic E-state index is 10.2. The number of carboxylic acid groups (broad SMARTS) is 1. The summed E-state index contributed by atoms with van der Waals surface area (Å²) in [4.78, 5) is 17.3. The molecule has 0 unspecified atom stereocenters. The molecule has 0 spiro atoms. The number of nitrogens with two attached hydrogens (primary N) is 1. The molecule has 0 aliphatic carbocycles. The van der Waals surface area contributed by atoms with Gasteiger partial charge in [-0.25, -0.2) is 4.79 Å². The Bertz CT molecular complexity index is 333. The molecule has 0 fully saturated rings. The van der Waals surface area contributed by atoms with Crippen LogP contribution in [0.5, 0.6) is 0 Å². The van der Waals surface area contributed by atoms with Gasteiger partial charge in [-0.2, -0.15) is 9.97 Å². The fourth-order valence-electron chi connectivity index (χ4n) is 0.633. The van der Waals surface area contributed by atoms with Crippen LogP contribution in [0.25, 0.3) is 0 Å². The minimum atomic E-state index is -1.31. The first kappa shape index (κ1) is 9.82. The summed E-state index contributed by atoms with van der Waals surface area (Å²) in [7, 11) is 0. The molecule has 4 N–H and O–H groups in total. The van der Waals surface area contributed by atoms with Crippen LogP contribution in [0.3, 0.4) is 0 Å². The molecule has 1 rings (SSSR count). The third-order valence-electron chi connectivity index (χ3n) is 1.07.